The minimum absolute atomic E-state index is 0.0839. The Kier molecular flexibility index (Phi) is 4.70. The third-order valence-electron chi connectivity index (χ3n) is 2.89. The Morgan fingerprint density at radius 1 is 1.29 bits per heavy atom. The zero-order chi connectivity index (χ0) is 15.4. The quantitative estimate of drug-likeness (QED) is 0.670. The van der Waals surface area contributed by atoms with Crippen molar-refractivity contribution in [2.45, 2.75) is 20.3 Å². The summed E-state index contributed by atoms with van der Waals surface area (Å²) in [6.07, 6.45) is 0.912. The second-order valence-electron chi connectivity index (χ2n) is 4.52. The molecule has 6 nitrogen and oxygen atoms in total. The molecule has 0 atom stereocenters. The second kappa shape index (κ2) is 6.49. The van der Waals surface area contributed by atoms with E-state index in [0.717, 1.165) is 6.42 Å². The van der Waals surface area contributed by atoms with Crippen LogP contribution in [0.4, 0.5) is 11.6 Å². The first kappa shape index (κ1) is 15.2. The minimum atomic E-state index is -0.455. The van der Waals surface area contributed by atoms with Crippen LogP contribution in [0.15, 0.2) is 24.3 Å². The predicted molar refractivity (Wildman–Crippen MR) is 82.7 cm³/mol. The van der Waals surface area contributed by atoms with Crippen LogP contribution in [-0.4, -0.2) is 21.4 Å². The summed E-state index contributed by atoms with van der Waals surface area (Å²) in [4.78, 5) is 19.3. The van der Waals surface area contributed by atoms with Crippen LogP contribution in [0.2, 0.25) is 5.02 Å². The van der Waals surface area contributed by atoms with Crippen LogP contribution in [0.1, 0.15) is 19.0 Å². The number of halogens is 1. The molecule has 0 aliphatic carbocycles. The van der Waals surface area contributed by atoms with Gasteiger partial charge >= 0.3 is 5.69 Å². The Balaban J connectivity index is 2.56. The number of hydrogen-bond acceptors (Lipinski definition) is 5. The number of nitrogens with one attached hydrogen (secondary N) is 1. The lowest BCUT2D eigenvalue weighted by molar-refractivity contribution is -0.385. The van der Waals surface area contributed by atoms with E-state index in [4.69, 9.17) is 11.6 Å². The Hall–Kier alpha value is -2.21. The fourth-order valence-electron chi connectivity index (χ4n) is 1.91. The fourth-order valence-corrected chi connectivity index (χ4v) is 2.04. The molecule has 1 aromatic carbocycles. The van der Waals surface area contributed by atoms with E-state index in [1.165, 1.54) is 0 Å². The molecule has 2 aromatic rings. The van der Waals surface area contributed by atoms with E-state index in [9.17, 15) is 10.1 Å². The highest BCUT2D eigenvalue weighted by molar-refractivity contribution is 6.30. The largest absolute Gasteiger partial charge is 0.354 e. The lowest BCUT2D eigenvalue weighted by Crippen LogP contribution is -2.08. The molecule has 0 unspecified atom stereocenters. The second-order valence-corrected chi connectivity index (χ2v) is 4.96. The summed E-state index contributed by atoms with van der Waals surface area (Å²) in [5.74, 6) is 0.393. The third-order valence-corrected chi connectivity index (χ3v) is 3.14. The van der Waals surface area contributed by atoms with Crippen molar-refractivity contribution in [1.29, 1.82) is 0 Å². The van der Waals surface area contributed by atoms with Gasteiger partial charge in [-0.25, -0.2) is 9.97 Å². The average molecular weight is 307 g/mol. The first-order valence-corrected chi connectivity index (χ1v) is 6.93. The first-order chi connectivity index (χ1) is 10.0. The van der Waals surface area contributed by atoms with Crippen LogP contribution >= 0.6 is 11.6 Å². The van der Waals surface area contributed by atoms with Gasteiger partial charge in [-0.15, -0.1) is 0 Å². The average Bonchev–Trinajstić information content (AvgIpc) is 2.44. The van der Waals surface area contributed by atoms with Crippen molar-refractivity contribution in [3.05, 3.63) is 45.1 Å². The van der Waals surface area contributed by atoms with Gasteiger partial charge in [0.25, 0.3) is 0 Å². The van der Waals surface area contributed by atoms with Crippen LogP contribution < -0.4 is 5.32 Å². The van der Waals surface area contributed by atoms with E-state index in [1.807, 2.05) is 6.92 Å². The maximum atomic E-state index is 11.3. The van der Waals surface area contributed by atoms with Crippen molar-refractivity contribution in [2.24, 2.45) is 0 Å². The molecule has 0 spiro atoms. The lowest BCUT2D eigenvalue weighted by atomic mass is 10.1. The molecular weight excluding hydrogens is 292 g/mol. The number of benzene rings is 1. The topological polar surface area (TPSA) is 81.0 Å². The van der Waals surface area contributed by atoms with Crippen molar-refractivity contribution in [3.8, 4) is 11.3 Å². The van der Waals surface area contributed by atoms with Crippen molar-refractivity contribution in [1.82, 2.24) is 9.97 Å². The Morgan fingerprint density at radius 3 is 2.52 bits per heavy atom. The van der Waals surface area contributed by atoms with Gasteiger partial charge in [-0.3, -0.25) is 10.1 Å². The highest BCUT2D eigenvalue weighted by Gasteiger charge is 2.23. The van der Waals surface area contributed by atoms with E-state index in [0.29, 0.717) is 34.5 Å². The molecule has 21 heavy (non-hydrogen) atoms. The van der Waals surface area contributed by atoms with Crippen LogP contribution in [0, 0.1) is 17.0 Å². The summed E-state index contributed by atoms with van der Waals surface area (Å²) in [6.45, 7) is 4.33. The molecule has 0 saturated heterocycles. The van der Waals surface area contributed by atoms with Gasteiger partial charge in [0, 0.05) is 17.1 Å². The third kappa shape index (κ3) is 3.46. The van der Waals surface area contributed by atoms with E-state index in [1.54, 1.807) is 31.2 Å². The fraction of sp³-hybridized carbons (Fsp3) is 0.286. The van der Waals surface area contributed by atoms with Gasteiger partial charge in [-0.1, -0.05) is 30.7 Å². The van der Waals surface area contributed by atoms with E-state index >= 15 is 0 Å². The normalized spacial score (nSPS) is 10.4. The van der Waals surface area contributed by atoms with Crippen molar-refractivity contribution in [3.63, 3.8) is 0 Å². The highest BCUT2D eigenvalue weighted by Crippen LogP contribution is 2.31. The van der Waals surface area contributed by atoms with Crippen LogP contribution in [0.3, 0.4) is 0 Å². The molecule has 0 saturated carbocycles. The molecule has 1 heterocycles. The summed E-state index contributed by atoms with van der Waals surface area (Å²) in [7, 11) is 0. The van der Waals surface area contributed by atoms with Gasteiger partial charge in [0.1, 0.15) is 5.69 Å². The van der Waals surface area contributed by atoms with Gasteiger partial charge in [0.05, 0.1) is 4.92 Å². The molecule has 0 aliphatic rings. The summed E-state index contributed by atoms with van der Waals surface area (Å²) in [6, 6.07) is 6.77. The lowest BCUT2D eigenvalue weighted by Gasteiger charge is -2.09. The molecule has 2 rings (SSSR count). The summed E-state index contributed by atoms with van der Waals surface area (Å²) in [5.41, 5.74) is 1.18. The summed E-state index contributed by atoms with van der Waals surface area (Å²) < 4.78 is 0. The van der Waals surface area contributed by atoms with Crippen LogP contribution in [0.5, 0.6) is 0 Å². The number of nitrogens with zero attached hydrogens (tertiary/aromatic N) is 3. The van der Waals surface area contributed by atoms with Crippen molar-refractivity contribution >= 4 is 23.2 Å². The van der Waals surface area contributed by atoms with E-state index in [2.05, 4.69) is 15.3 Å². The monoisotopic (exact) mass is 306 g/mol. The molecule has 0 bridgehead atoms. The standard InChI is InChI=1S/C14H15ClN4O2/c1-3-8-16-14-17-9(2)13(19(20)21)12(18-14)10-4-6-11(15)7-5-10/h4-7H,3,8H2,1-2H3,(H,16,17,18). The smallest absolute Gasteiger partial charge is 0.316 e. The Labute approximate surface area is 127 Å². The zero-order valence-electron chi connectivity index (χ0n) is 11.8. The summed E-state index contributed by atoms with van der Waals surface area (Å²) >= 11 is 5.85. The van der Waals surface area contributed by atoms with Gasteiger partial charge in [0.2, 0.25) is 5.95 Å². The predicted octanol–water partition coefficient (Wildman–Crippen LogP) is 3.84. The molecule has 0 amide bonds. The zero-order valence-corrected chi connectivity index (χ0v) is 12.5. The summed E-state index contributed by atoms with van der Waals surface area (Å²) in [5, 5.41) is 14.9. The Morgan fingerprint density at radius 2 is 1.95 bits per heavy atom. The number of hydrogen-bond donors (Lipinski definition) is 1. The maximum Gasteiger partial charge on any atom is 0.316 e. The molecule has 0 fully saturated rings. The first-order valence-electron chi connectivity index (χ1n) is 6.55. The van der Waals surface area contributed by atoms with Crippen LogP contribution in [-0.2, 0) is 0 Å². The van der Waals surface area contributed by atoms with Gasteiger partial charge in [-0.05, 0) is 25.5 Å². The molecule has 1 aromatic heterocycles. The maximum absolute atomic E-state index is 11.3. The highest BCUT2D eigenvalue weighted by atomic mass is 35.5. The van der Waals surface area contributed by atoms with Crippen molar-refractivity contribution in [2.75, 3.05) is 11.9 Å². The molecule has 7 heteroatoms. The molecule has 1 N–H and O–H groups in total. The number of aromatic nitrogens is 2. The SMILES string of the molecule is CCCNc1nc(C)c([N+](=O)[O-])c(-c2ccc(Cl)cc2)n1. The van der Waals surface area contributed by atoms with Crippen molar-refractivity contribution < 1.29 is 4.92 Å². The van der Waals surface area contributed by atoms with Gasteiger partial charge in [-0.2, -0.15) is 0 Å². The molecular formula is C14H15ClN4O2. The number of aryl methyl sites for hydroxylation is 1. The van der Waals surface area contributed by atoms with Gasteiger partial charge < -0.3 is 5.32 Å². The van der Waals surface area contributed by atoms with Crippen LogP contribution in [0.25, 0.3) is 11.3 Å². The molecule has 110 valence electrons. The number of nitro groups is 1. The van der Waals surface area contributed by atoms with E-state index < -0.39 is 4.92 Å². The molecule has 0 aliphatic heterocycles. The molecule has 0 radical (unpaired) electrons. The Bertz CT molecular complexity index is 659. The number of rotatable bonds is 5. The number of anilines is 1. The van der Waals surface area contributed by atoms with E-state index in [-0.39, 0.29) is 5.69 Å². The minimum Gasteiger partial charge on any atom is -0.354 e. The van der Waals surface area contributed by atoms with Gasteiger partial charge in [0.15, 0.2) is 5.69 Å².